The second kappa shape index (κ2) is 5.62. The Bertz CT molecular complexity index is 577. The fourth-order valence-corrected chi connectivity index (χ4v) is 3.48. The van der Waals surface area contributed by atoms with Gasteiger partial charge in [-0.15, -0.1) is 11.3 Å². The van der Waals surface area contributed by atoms with Gasteiger partial charge in [-0.3, -0.25) is 9.59 Å². The number of carboxylic acids is 1. The van der Waals surface area contributed by atoms with Crippen molar-refractivity contribution in [3.8, 4) is 0 Å². The van der Waals surface area contributed by atoms with Gasteiger partial charge in [0.25, 0.3) is 0 Å². The van der Waals surface area contributed by atoms with Crippen LogP contribution in [0.2, 0.25) is 0 Å². The number of nitrogens with one attached hydrogen (secondary N) is 2. The quantitative estimate of drug-likeness (QED) is 0.735. The summed E-state index contributed by atoms with van der Waals surface area (Å²) in [6.07, 6.45) is 2.47. The van der Waals surface area contributed by atoms with Crippen LogP contribution in [-0.2, 0) is 22.4 Å². The molecule has 2 rings (SSSR count). The molecule has 0 bridgehead atoms. The van der Waals surface area contributed by atoms with E-state index in [1.807, 2.05) is 0 Å². The van der Waals surface area contributed by atoms with Crippen molar-refractivity contribution in [1.82, 2.24) is 5.32 Å². The molecular weight excluding hydrogens is 280 g/mol. The van der Waals surface area contributed by atoms with Crippen LogP contribution in [0.1, 0.15) is 41.1 Å². The standard InChI is InChI=1S/C13H16N2O4S/c1-6(2)14-10(16)11(17)15-12-9(13(18)19)7-4-3-5-8(7)20-12/h6H,3-5H2,1-2H3,(H,14,16)(H,15,17)(H,18,19). The maximum Gasteiger partial charge on any atom is 0.339 e. The van der Waals surface area contributed by atoms with Gasteiger partial charge < -0.3 is 15.7 Å². The third-order valence-corrected chi connectivity index (χ3v) is 4.20. The van der Waals surface area contributed by atoms with E-state index in [0.29, 0.717) is 6.42 Å². The van der Waals surface area contributed by atoms with Gasteiger partial charge in [-0.1, -0.05) is 0 Å². The number of aryl methyl sites for hydroxylation is 1. The highest BCUT2D eigenvalue weighted by Crippen LogP contribution is 2.38. The molecule has 0 fully saturated rings. The van der Waals surface area contributed by atoms with Crippen molar-refractivity contribution in [3.05, 3.63) is 16.0 Å². The molecule has 1 aromatic heterocycles. The van der Waals surface area contributed by atoms with Crippen LogP contribution in [0.25, 0.3) is 0 Å². The largest absolute Gasteiger partial charge is 0.478 e. The highest BCUT2D eigenvalue weighted by molar-refractivity contribution is 7.17. The lowest BCUT2D eigenvalue weighted by molar-refractivity contribution is -0.136. The lowest BCUT2D eigenvalue weighted by Gasteiger charge is -2.08. The molecule has 0 aliphatic heterocycles. The number of fused-ring (bicyclic) bond motifs is 1. The molecule has 20 heavy (non-hydrogen) atoms. The maximum absolute atomic E-state index is 11.7. The van der Waals surface area contributed by atoms with E-state index in [1.54, 1.807) is 13.8 Å². The van der Waals surface area contributed by atoms with Gasteiger partial charge in [0.15, 0.2) is 0 Å². The van der Waals surface area contributed by atoms with Crippen LogP contribution in [0.4, 0.5) is 5.00 Å². The molecule has 1 aliphatic carbocycles. The van der Waals surface area contributed by atoms with E-state index in [0.717, 1.165) is 23.3 Å². The van der Waals surface area contributed by atoms with E-state index in [2.05, 4.69) is 10.6 Å². The summed E-state index contributed by atoms with van der Waals surface area (Å²) in [5, 5.41) is 14.4. The van der Waals surface area contributed by atoms with Crippen LogP contribution in [0, 0.1) is 0 Å². The summed E-state index contributed by atoms with van der Waals surface area (Å²) < 4.78 is 0. The smallest absolute Gasteiger partial charge is 0.339 e. The molecule has 7 heteroatoms. The van der Waals surface area contributed by atoms with E-state index in [-0.39, 0.29) is 16.6 Å². The van der Waals surface area contributed by atoms with Crippen molar-refractivity contribution >= 4 is 34.1 Å². The predicted molar refractivity (Wildman–Crippen MR) is 75.2 cm³/mol. The summed E-state index contributed by atoms with van der Waals surface area (Å²) in [4.78, 5) is 35.6. The van der Waals surface area contributed by atoms with Crippen LogP contribution in [-0.4, -0.2) is 28.9 Å². The molecule has 6 nitrogen and oxygen atoms in total. The molecule has 0 unspecified atom stereocenters. The van der Waals surface area contributed by atoms with Gasteiger partial charge in [-0.05, 0) is 38.7 Å². The Morgan fingerprint density at radius 3 is 2.50 bits per heavy atom. The summed E-state index contributed by atoms with van der Waals surface area (Å²) in [5.41, 5.74) is 0.926. The Kier molecular flexibility index (Phi) is 4.08. The Morgan fingerprint density at radius 2 is 1.90 bits per heavy atom. The lowest BCUT2D eigenvalue weighted by Crippen LogP contribution is -2.39. The number of rotatable bonds is 3. The van der Waals surface area contributed by atoms with E-state index in [4.69, 9.17) is 0 Å². The van der Waals surface area contributed by atoms with Crippen molar-refractivity contribution < 1.29 is 19.5 Å². The summed E-state index contributed by atoms with van der Waals surface area (Å²) in [7, 11) is 0. The SMILES string of the molecule is CC(C)NC(=O)C(=O)Nc1sc2c(c1C(=O)O)CCC2. The molecule has 3 N–H and O–H groups in total. The first-order valence-corrected chi connectivity index (χ1v) is 7.21. The Balaban J connectivity index is 2.20. The molecule has 1 aliphatic rings. The number of aromatic carboxylic acids is 1. The third kappa shape index (κ3) is 2.82. The minimum Gasteiger partial charge on any atom is -0.478 e. The van der Waals surface area contributed by atoms with Crippen molar-refractivity contribution in [3.63, 3.8) is 0 Å². The van der Waals surface area contributed by atoms with Crippen molar-refractivity contribution in [2.75, 3.05) is 5.32 Å². The van der Waals surface area contributed by atoms with Crippen LogP contribution in [0.3, 0.4) is 0 Å². The zero-order chi connectivity index (χ0) is 14.9. The average Bonchev–Trinajstić information content (AvgIpc) is 2.86. The van der Waals surface area contributed by atoms with Crippen LogP contribution in [0.5, 0.6) is 0 Å². The first-order valence-electron chi connectivity index (χ1n) is 6.39. The fraction of sp³-hybridized carbons (Fsp3) is 0.462. The monoisotopic (exact) mass is 296 g/mol. The van der Waals surface area contributed by atoms with Gasteiger partial charge in [0.2, 0.25) is 0 Å². The summed E-state index contributed by atoms with van der Waals surface area (Å²) >= 11 is 1.25. The van der Waals surface area contributed by atoms with Crippen molar-refractivity contribution in [1.29, 1.82) is 0 Å². The number of anilines is 1. The summed E-state index contributed by atoms with van der Waals surface area (Å²) in [6, 6.07) is -0.152. The van der Waals surface area contributed by atoms with E-state index >= 15 is 0 Å². The maximum atomic E-state index is 11.7. The van der Waals surface area contributed by atoms with E-state index in [9.17, 15) is 19.5 Å². The van der Waals surface area contributed by atoms with Crippen LogP contribution in [0.15, 0.2) is 0 Å². The minimum atomic E-state index is -1.07. The zero-order valence-corrected chi connectivity index (χ0v) is 12.1. The van der Waals surface area contributed by atoms with Gasteiger partial charge in [0, 0.05) is 10.9 Å². The van der Waals surface area contributed by atoms with E-state index < -0.39 is 17.8 Å². The molecule has 1 aromatic rings. The van der Waals surface area contributed by atoms with Gasteiger partial charge in [0.05, 0.1) is 5.56 Å². The highest BCUT2D eigenvalue weighted by Gasteiger charge is 2.28. The number of carboxylic acid groups (broad SMARTS) is 1. The second-order valence-corrected chi connectivity index (χ2v) is 6.05. The van der Waals surface area contributed by atoms with Gasteiger partial charge >= 0.3 is 17.8 Å². The van der Waals surface area contributed by atoms with Crippen LogP contribution >= 0.6 is 11.3 Å². The summed E-state index contributed by atoms with van der Waals surface area (Å²) in [6.45, 7) is 3.49. The normalized spacial score (nSPS) is 13.2. The molecule has 108 valence electrons. The molecule has 0 radical (unpaired) electrons. The van der Waals surface area contributed by atoms with Gasteiger partial charge in [-0.25, -0.2) is 4.79 Å². The van der Waals surface area contributed by atoms with Gasteiger partial charge in [-0.2, -0.15) is 0 Å². The van der Waals surface area contributed by atoms with Crippen molar-refractivity contribution in [2.45, 2.75) is 39.2 Å². The molecule has 0 spiro atoms. The number of amides is 2. The Hall–Kier alpha value is -1.89. The lowest BCUT2D eigenvalue weighted by atomic mass is 10.1. The second-order valence-electron chi connectivity index (χ2n) is 4.95. The highest BCUT2D eigenvalue weighted by atomic mass is 32.1. The van der Waals surface area contributed by atoms with Crippen LogP contribution < -0.4 is 10.6 Å². The first kappa shape index (κ1) is 14.5. The number of carbonyl (C=O) groups is 3. The Morgan fingerprint density at radius 1 is 1.20 bits per heavy atom. The molecule has 0 atom stereocenters. The summed E-state index contributed by atoms with van der Waals surface area (Å²) in [5.74, 6) is -2.66. The molecule has 0 aromatic carbocycles. The molecule has 1 heterocycles. The first-order chi connectivity index (χ1) is 9.40. The fourth-order valence-electron chi connectivity index (χ4n) is 2.21. The van der Waals surface area contributed by atoms with Gasteiger partial charge in [0.1, 0.15) is 5.00 Å². The number of hydrogen-bond acceptors (Lipinski definition) is 4. The molecule has 0 saturated heterocycles. The zero-order valence-electron chi connectivity index (χ0n) is 11.3. The number of hydrogen-bond donors (Lipinski definition) is 3. The Labute approximate surface area is 120 Å². The number of thiophene rings is 1. The molecule has 2 amide bonds. The van der Waals surface area contributed by atoms with E-state index in [1.165, 1.54) is 11.3 Å². The van der Waals surface area contributed by atoms with Crippen molar-refractivity contribution in [2.24, 2.45) is 0 Å². The molecular formula is C13H16N2O4S. The average molecular weight is 296 g/mol. The number of carbonyl (C=O) groups excluding carboxylic acids is 2. The predicted octanol–water partition coefficient (Wildman–Crippen LogP) is 1.40. The third-order valence-electron chi connectivity index (χ3n) is 2.99. The minimum absolute atomic E-state index is 0.133. The topological polar surface area (TPSA) is 95.5 Å². The molecule has 0 saturated carbocycles.